The number of carbonyl (C=O) groups excluding carboxylic acids is 2. The average molecular weight is 387 g/mol. The number of ether oxygens (including phenoxy) is 1. The fraction of sp³-hybridized carbons (Fsp3) is 0.652. The molecule has 154 valence electrons. The third-order valence-electron chi connectivity index (χ3n) is 6.13. The molecule has 1 aliphatic carbocycles. The summed E-state index contributed by atoms with van der Waals surface area (Å²) in [6.07, 6.45) is 5.41. The number of carbonyl (C=O) groups is 2. The maximum absolute atomic E-state index is 12.3. The Morgan fingerprint density at radius 2 is 1.86 bits per heavy atom. The summed E-state index contributed by atoms with van der Waals surface area (Å²) in [4.78, 5) is 26.9. The van der Waals surface area contributed by atoms with Gasteiger partial charge in [-0.15, -0.1) is 0 Å². The molecular weight excluding hydrogens is 352 g/mol. The second-order valence-corrected chi connectivity index (χ2v) is 8.56. The maximum Gasteiger partial charge on any atom is 0.308 e. The van der Waals surface area contributed by atoms with E-state index in [4.69, 9.17) is 4.74 Å². The lowest BCUT2D eigenvalue weighted by Crippen LogP contribution is -2.38. The van der Waals surface area contributed by atoms with Gasteiger partial charge in [0.25, 0.3) is 0 Å². The van der Waals surface area contributed by atoms with Gasteiger partial charge in [0, 0.05) is 31.0 Å². The van der Waals surface area contributed by atoms with Gasteiger partial charge in [-0.2, -0.15) is 0 Å². The number of esters is 1. The van der Waals surface area contributed by atoms with Crippen LogP contribution in [0.15, 0.2) is 30.3 Å². The predicted molar refractivity (Wildman–Crippen MR) is 110 cm³/mol. The zero-order chi connectivity index (χ0) is 19.9. The molecular formula is C23H34N2O3. The number of nitrogens with one attached hydrogen (secondary N) is 1. The molecule has 1 saturated carbocycles. The van der Waals surface area contributed by atoms with Gasteiger partial charge in [-0.3, -0.25) is 14.5 Å². The fourth-order valence-electron chi connectivity index (χ4n) is 4.43. The molecule has 0 bridgehead atoms. The summed E-state index contributed by atoms with van der Waals surface area (Å²) in [7, 11) is 0. The number of likely N-dealkylation sites (tertiary alicyclic amines) is 1. The third-order valence-corrected chi connectivity index (χ3v) is 6.13. The van der Waals surface area contributed by atoms with Gasteiger partial charge in [-0.25, -0.2) is 0 Å². The second-order valence-electron chi connectivity index (χ2n) is 8.56. The van der Waals surface area contributed by atoms with E-state index in [1.165, 1.54) is 5.56 Å². The lowest BCUT2D eigenvalue weighted by atomic mass is 10.0. The zero-order valence-corrected chi connectivity index (χ0v) is 17.2. The molecule has 28 heavy (non-hydrogen) atoms. The molecule has 3 atom stereocenters. The monoisotopic (exact) mass is 386 g/mol. The van der Waals surface area contributed by atoms with E-state index in [0.29, 0.717) is 5.92 Å². The summed E-state index contributed by atoms with van der Waals surface area (Å²) in [5, 5.41) is 2.98. The van der Waals surface area contributed by atoms with Gasteiger partial charge in [0.1, 0.15) is 6.10 Å². The van der Waals surface area contributed by atoms with Crippen LogP contribution >= 0.6 is 0 Å². The Morgan fingerprint density at radius 3 is 2.57 bits per heavy atom. The highest BCUT2D eigenvalue weighted by Gasteiger charge is 2.30. The highest BCUT2D eigenvalue weighted by molar-refractivity contribution is 5.80. The summed E-state index contributed by atoms with van der Waals surface area (Å²) in [5.41, 5.74) is 1.32. The van der Waals surface area contributed by atoms with Crippen molar-refractivity contribution in [2.24, 2.45) is 11.8 Å². The van der Waals surface area contributed by atoms with Crippen LogP contribution < -0.4 is 5.32 Å². The molecule has 1 heterocycles. The van der Waals surface area contributed by atoms with E-state index in [1.54, 1.807) is 0 Å². The minimum absolute atomic E-state index is 0.0917. The van der Waals surface area contributed by atoms with Crippen LogP contribution in [0.5, 0.6) is 0 Å². The fourth-order valence-corrected chi connectivity index (χ4v) is 4.43. The van der Waals surface area contributed by atoms with Gasteiger partial charge in [0.05, 0.1) is 6.42 Å². The minimum Gasteiger partial charge on any atom is -0.462 e. The molecule has 0 aromatic heterocycles. The van der Waals surface area contributed by atoms with E-state index in [9.17, 15) is 9.59 Å². The standard InChI is InChI=1S/C23H34N2O3/c1-17(24-23(27)20-10-6-7-11-20)14-22(26)28-18(2)21-12-13-25(16-21)15-19-8-4-3-5-9-19/h3-5,8-9,17-18,20-21H,6-7,10-16H2,1-2H3,(H,24,27)/t17-,18+,21-/m1/s1. The number of nitrogens with zero attached hydrogens (tertiary/aromatic N) is 1. The quantitative estimate of drug-likeness (QED) is 0.695. The van der Waals surface area contributed by atoms with E-state index in [2.05, 4.69) is 34.5 Å². The topological polar surface area (TPSA) is 58.6 Å². The zero-order valence-electron chi connectivity index (χ0n) is 17.2. The maximum atomic E-state index is 12.3. The molecule has 0 radical (unpaired) electrons. The van der Waals surface area contributed by atoms with Crippen molar-refractivity contribution in [3.05, 3.63) is 35.9 Å². The molecule has 5 heteroatoms. The molecule has 1 aromatic carbocycles. The Labute approximate surface area is 168 Å². The van der Waals surface area contributed by atoms with Crippen LogP contribution in [0.25, 0.3) is 0 Å². The van der Waals surface area contributed by atoms with Crippen LogP contribution in [0.3, 0.4) is 0 Å². The van der Waals surface area contributed by atoms with Gasteiger partial charge in [-0.05, 0) is 45.2 Å². The number of amides is 1. The molecule has 1 aromatic rings. The lowest BCUT2D eigenvalue weighted by molar-refractivity contribution is -0.151. The number of rotatable bonds is 8. The normalized spacial score (nSPS) is 22.7. The van der Waals surface area contributed by atoms with Crippen molar-refractivity contribution < 1.29 is 14.3 Å². The van der Waals surface area contributed by atoms with E-state index < -0.39 is 0 Å². The largest absolute Gasteiger partial charge is 0.462 e. The van der Waals surface area contributed by atoms with Crippen LogP contribution in [0.1, 0.15) is 57.9 Å². The average Bonchev–Trinajstić information content (AvgIpc) is 3.34. The van der Waals surface area contributed by atoms with Crippen LogP contribution in [0.4, 0.5) is 0 Å². The molecule has 1 saturated heterocycles. The van der Waals surface area contributed by atoms with Crippen LogP contribution in [-0.2, 0) is 20.9 Å². The van der Waals surface area contributed by atoms with E-state index in [1.807, 2.05) is 19.9 Å². The predicted octanol–water partition coefficient (Wildman–Crippen LogP) is 3.53. The van der Waals surface area contributed by atoms with Crippen LogP contribution in [-0.4, -0.2) is 42.0 Å². The summed E-state index contributed by atoms with van der Waals surface area (Å²) in [6.45, 7) is 6.82. The lowest BCUT2D eigenvalue weighted by Gasteiger charge is -2.22. The summed E-state index contributed by atoms with van der Waals surface area (Å²) < 4.78 is 5.69. The Kier molecular flexibility index (Phi) is 7.49. The molecule has 2 fully saturated rings. The molecule has 0 unspecified atom stereocenters. The Hall–Kier alpha value is -1.88. The molecule has 0 spiro atoms. The van der Waals surface area contributed by atoms with Gasteiger partial charge in [0.2, 0.25) is 5.91 Å². The molecule has 1 N–H and O–H groups in total. The van der Waals surface area contributed by atoms with Gasteiger partial charge >= 0.3 is 5.97 Å². The molecule has 1 aliphatic heterocycles. The summed E-state index contributed by atoms with van der Waals surface area (Å²) in [5.74, 6) is 0.383. The third kappa shape index (κ3) is 6.06. The minimum atomic E-state index is -0.215. The highest BCUT2D eigenvalue weighted by Crippen LogP contribution is 2.25. The van der Waals surface area contributed by atoms with E-state index in [-0.39, 0.29) is 36.4 Å². The Morgan fingerprint density at radius 1 is 1.14 bits per heavy atom. The van der Waals surface area contributed by atoms with E-state index >= 15 is 0 Å². The van der Waals surface area contributed by atoms with Crippen molar-refractivity contribution in [1.29, 1.82) is 0 Å². The molecule has 3 rings (SSSR count). The SMILES string of the molecule is C[C@H](CC(=O)O[C@@H](C)[C@@H]1CCN(Cc2ccccc2)C1)NC(=O)C1CCCC1. The summed E-state index contributed by atoms with van der Waals surface area (Å²) in [6, 6.07) is 10.3. The molecule has 5 nitrogen and oxygen atoms in total. The van der Waals surface area contributed by atoms with E-state index in [0.717, 1.165) is 51.7 Å². The first-order valence-corrected chi connectivity index (χ1v) is 10.8. The Bertz CT molecular complexity index is 643. The van der Waals surface area contributed by atoms with Crippen molar-refractivity contribution >= 4 is 11.9 Å². The van der Waals surface area contributed by atoms with Crippen molar-refractivity contribution in [2.75, 3.05) is 13.1 Å². The smallest absolute Gasteiger partial charge is 0.308 e. The first kappa shape index (κ1) is 20.8. The first-order chi connectivity index (χ1) is 13.5. The number of hydrogen-bond donors (Lipinski definition) is 1. The Balaban J connectivity index is 1.37. The number of benzene rings is 1. The van der Waals surface area contributed by atoms with Gasteiger partial charge in [-0.1, -0.05) is 43.2 Å². The van der Waals surface area contributed by atoms with Crippen LogP contribution in [0.2, 0.25) is 0 Å². The molecule has 2 aliphatic rings. The van der Waals surface area contributed by atoms with Crippen molar-refractivity contribution in [2.45, 2.75) is 71.1 Å². The first-order valence-electron chi connectivity index (χ1n) is 10.8. The highest BCUT2D eigenvalue weighted by atomic mass is 16.5. The molecule has 1 amide bonds. The second kappa shape index (κ2) is 10.1. The van der Waals surface area contributed by atoms with Crippen LogP contribution in [0, 0.1) is 11.8 Å². The summed E-state index contributed by atoms with van der Waals surface area (Å²) >= 11 is 0. The number of hydrogen-bond acceptors (Lipinski definition) is 4. The van der Waals surface area contributed by atoms with Crippen molar-refractivity contribution in [3.63, 3.8) is 0 Å². The van der Waals surface area contributed by atoms with Crippen molar-refractivity contribution in [3.8, 4) is 0 Å². The van der Waals surface area contributed by atoms with Gasteiger partial charge in [0.15, 0.2) is 0 Å². The van der Waals surface area contributed by atoms with Gasteiger partial charge < -0.3 is 10.1 Å². The van der Waals surface area contributed by atoms with Crippen molar-refractivity contribution in [1.82, 2.24) is 10.2 Å².